The molecule has 0 spiro atoms. The lowest BCUT2D eigenvalue weighted by Crippen LogP contribution is -2.45. The Labute approximate surface area is 153 Å². The van der Waals surface area contributed by atoms with Gasteiger partial charge in [0.1, 0.15) is 0 Å². The van der Waals surface area contributed by atoms with Crippen LogP contribution in [0.2, 0.25) is 0 Å². The highest BCUT2D eigenvalue weighted by molar-refractivity contribution is 5.89. The minimum atomic E-state index is -0.209. The fourth-order valence-electron chi connectivity index (χ4n) is 2.95. The highest BCUT2D eigenvalue weighted by Crippen LogP contribution is 2.14. The van der Waals surface area contributed by atoms with Crippen LogP contribution < -0.4 is 15.5 Å². The van der Waals surface area contributed by atoms with Gasteiger partial charge in [0.05, 0.1) is 18.1 Å². The highest BCUT2D eigenvalue weighted by Gasteiger charge is 2.20. The molecule has 2 N–H and O–H groups in total. The molecule has 0 unspecified atom stereocenters. The number of anilines is 2. The molecule has 0 saturated carbocycles. The van der Waals surface area contributed by atoms with Crippen molar-refractivity contribution in [2.75, 3.05) is 37.4 Å². The molecule has 0 aromatic carbocycles. The molecule has 2 aromatic rings. The number of nitrogens with one attached hydrogen (secondary N) is 2. The van der Waals surface area contributed by atoms with E-state index >= 15 is 0 Å². The molecule has 2 aromatic heterocycles. The minimum absolute atomic E-state index is 0.186. The zero-order valence-corrected chi connectivity index (χ0v) is 15.2. The summed E-state index contributed by atoms with van der Waals surface area (Å²) in [4.78, 5) is 28.8. The first kappa shape index (κ1) is 18.1. The molecule has 3 heterocycles. The number of rotatable bonds is 5. The molecule has 2 amide bonds. The van der Waals surface area contributed by atoms with E-state index in [1.807, 2.05) is 43.5 Å². The summed E-state index contributed by atoms with van der Waals surface area (Å²) in [6.07, 6.45) is 8.74. The number of pyridine rings is 1. The topological polar surface area (TPSA) is 86.3 Å². The van der Waals surface area contributed by atoms with Gasteiger partial charge in [0, 0.05) is 52.2 Å². The van der Waals surface area contributed by atoms with E-state index < -0.39 is 0 Å². The highest BCUT2D eigenvalue weighted by atomic mass is 16.2. The average Bonchev–Trinajstić information content (AvgIpc) is 2.64. The first-order valence-corrected chi connectivity index (χ1v) is 8.78. The molecule has 1 aliphatic rings. The number of aromatic nitrogens is 3. The van der Waals surface area contributed by atoms with Crippen LogP contribution in [-0.2, 0) is 6.54 Å². The molecular formula is C18H25N7O. The number of piperidine rings is 1. The van der Waals surface area contributed by atoms with Gasteiger partial charge in [-0.2, -0.15) is 0 Å². The lowest BCUT2D eigenvalue weighted by atomic mass is 10.0. The molecular weight excluding hydrogens is 330 g/mol. The van der Waals surface area contributed by atoms with Crippen LogP contribution in [0.5, 0.6) is 0 Å². The van der Waals surface area contributed by atoms with E-state index in [0.717, 1.165) is 32.5 Å². The molecule has 3 rings (SSSR count). The Morgan fingerprint density at radius 3 is 2.46 bits per heavy atom. The van der Waals surface area contributed by atoms with Crippen molar-refractivity contribution in [2.24, 2.45) is 0 Å². The maximum Gasteiger partial charge on any atom is 0.319 e. The van der Waals surface area contributed by atoms with E-state index in [-0.39, 0.29) is 12.1 Å². The molecule has 0 bridgehead atoms. The van der Waals surface area contributed by atoms with E-state index in [0.29, 0.717) is 11.6 Å². The van der Waals surface area contributed by atoms with Crippen molar-refractivity contribution in [3.63, 3.8) is 0 Å². The zero-order chi connectivity index (χ0) is 18.4. The van der Waals surface area contributed by atoms with Crippen molar-refractivity contribution in [3.05, 3.63) is 42.5 Å². The monoisotopic (exact) mass is 355 g/mol. The molecule has 0 aliphatic carbocycles. The third kappa shape index (κ3) is 5.13. The van der Waals surface area contributed by atoms with Crippen LogP contribution in [0.1, 0.15) is 18.4 Å². The quantitative estimate of drug-likeness (QED) is 0.849. The standard InChI is InChI=1S/C18H25N7O/c1-24(2)17-20-11-16(12-21-17)23-18(26)22-15-5-9-25(10-6-15)13-14-3-7-19-8-4-14/h3-4,7-8,11-12,15H,5-6,9-10,13H2,1-2H3,(H2,22,23,26). The van der Waals surface area contributed by atoms with Crippen LogP contribution in [-0.4, -0.2) is 59.1 Å². The van der Waals surface area contributed by atoms with E-state index in [9.17, 15) is 4.79 Å². The van der Waals surface area contributed by atoms with Gasteiger partial charge in [-0.05, 0) is 30.5 Å². The van der Waals surface area contributed by atoms with E-state index in [4.69, 9.17) is 0 Å². The van der Waals surface area contributed by atoms with Crippen LogP contribution in [0.3, 0.4) is 0 Å². The van der Waals surface area contributed by atoms with Crippen LogP contribution in [0.4, 0.5) is 16.4 Å². The van der Waals surface area contributed by atoms with Gasteiger partial charge in [0.15, 0.2) is 0 Å². The normalized spacial score (nSPS) is 15.5. The summed E-state index contributed by atoms with van der Waals surface area (Å²) in [5, 5.41) is 5.83. The number of likely N-dealkylation sites (tertiary alicyclic amines) is 1. The Morgan fingerprint density at radius 1 is 1.19 bits per heavy atom. The third-order valence-corrected chi connectivity index (χ3v) is 4.37. The van der Waals surface area contributed by atoms with Gasteiger partial charge in [-0.15, -0.1) is 0 Å². The summed E-state index contributed by atoms with van der Waals surface area (Å²) in [6, 6.07) is 4.06. The minimum Gasteiger partial charge on any atom is -0.347 e. The van der Waals surface area contributed by atoms with E-state index in [1.165, 1.54) is 5.56 Å². The zero-order valence-electron chi connectivity index (χ0n) is 15.2. The predicted molar refractivity (Wildman–Crippen MR) is 101 cm³/mol. The second kappa shape index (κ2) is 8.57. The maximum absolute atomic E-state index is 12.2. The Hall–Kier alpha value is -2.74. The Morgan fingerprint density at radius 2 is 1.85 bits per heavy atom. The van der Waals surface area contributed by atoms with Gasteiger partial charge in [0.2, 0.25) is 5.95 Å². The first-order chi connectivity index (χ1) is 12.6. The molecule has 1 saturated heterocycles. The fraction of sp³-hybridized carbons (Fsp3) is 0.444. The van der Waals surface area contributed by atoms with E-state index in [2.05, 4.69) is 30.5 Å². The molecule has 0 atom stereocenters. The lowest BCUT2D eigenvalue weighted by molar-refractivity contribution is 0.190. The first-order valence-electron chi connectivity index (χ1n) is 8.78. The number of urea groups is 1. The lowest BCUT2D eigenvalue weighted by Gasteiger charge is -2.32. The Kier molecular flexibility index (Phi) is 5.96. The van der Waals surface area contributed by atoms with Crippen LogP contribution in [0, 0.1) is 0 Å². The van der Waals surface area contributed by atoms with E-state index in [1.54, 1.807) is 12.4 Å². The second-order valence-corrected chi connectivity index (χ2v) is 6.67. The predicted octanol–water partition coefficient (Wildman–Crippen LogP) is 1.72. The summed E-state index contributed by atoms with van der Waals surface area (Å²) < 4.78 is 0. The number of hydrogen-bond acceptors (Lipinski definition) is 6. The third-order valence-electron chi connectivity index (χ3n) is 4.37. The van der Waals surface area contributed by atoms with Crippen LogP contribution in [0.15, 0.2) is 36.9 Å². The number of hydrogen-bond donors (Lipinski definition) is 2. The van der Waals surface area contributed by atoms with Crippen molar-refractivity contribution in [2.45, 2.75) is 25.4 Å². The molecule has 8 heteroatoms. The molecule has 1 aliphatic heterocycles. The number of amides is 2. The smallest absolute Gasteiger partial charge is 0.319 e. The van der Waals surface area contributed by atoms with Crippen molar-refractivity contribution in [1.29, 1.82) is 0 Å². The van der Waals surface area contributed by atoms with Crippen LogP contribution in [0.25, 0.3) is 0 Å². The van der Waals surface area contributed by atoms with Gasteiger partial charge >= 0.3 is 6.03 Å². The van der Waals surface area contributed by atoms with Gasteiger partial charge in [-0.3, -0.25) is 9.88 Å². The Balaban J connectivity index is 1.41. The van der Waals surface area contributed by atoms with Gasteiger partial charge in [-0.1, -0.05) is 0 Å². The average molecular weight is 355 g/mol. The van der Waals surface area contributed by atoms with Gasteiger partial charge in [0.25, 0.3) is 0 Å². The summed E-state index contributed by atoms with van der Waals surface area (Å²) in [5.41, 5.74) is 1.86. The number of carbonyl (C=O) groups is 1. The molecule has 26 heavy (non-hydrogen) atoms. The maximum atomic E-state index is 12.2. The summed E-state index contributed by atoms with van der Waals surface area (Å²) in [5.74, 6) is 0.609. The van der Waals surface area contributed by atoms with Crippen molar-refractivity contribution in [3.8, 4) is 0 Å². The molecule has 1 fully saturated rings. The molecule has 8 nitrogen and oxygen atoms in total. The number of nitrogens with zero attached hydrogens (tertiary/aromatic N) is 5. The summed E-state index contributed by atoms with van der Waals surface area (Å²) in [6.45, 7) is 2.86. The number of carbonyl (C=O) groups excluding carboxylic acids is 1. The Bertz CT molecular complexity index is 697. The second-order valence-electron chi connectivity index (χ2n) is 6.67. The SMILES string of the molecule is CN(C)c1ncc(NC(=O)NC2CCN(Cc3ccncc3)CC2)cn1. The van der Waals surface area contributed by atoms with Gasteiger partial charge in [-0.25, -0.2) is 14.8 Å². The summed E-state index contributed by atoms with van der Waals surface area (Å²) in [7, 11) is 3.74. The molecule has 138 valence electrons. The van der Waals surface area contributed by atoms with Crippen molar-refractivity contribution < 1.29 is 4.79 Å². The fourth-order valence-corrected chi connectivity index (χ4v) is 2.95. The van der Waals surface area contributed by atoms with Crippen LogP contribution >= 0.6 is 0 Å². The van der Waals surface area contributed by atoms with Gasteiger partial charge < -0.3 is 15.5 Å². The molecule has 0 radical (unpaired) electrons. The summed E-state index contributed by atoms with van der Waals surface area (Å²) >= 11 is 0. The largest absolute Gasteiger partial charge is 0.347 e. The van der Waals surface area contributed by atoms with Crippen molar-refractivity contribution in [1.82, 2.24) is 25.2 Å². The van der Waals surface area contributed by atoms with Crippen molar-refractivity contribution >= 4 is 17.7 Å².